The zero-order chi connectivity index (χ0) is 14.9. The van der Waals surface area contributed by atoms with Crippen LogP contribution in [0.5, 0.6) is 0 Å². The Labute approximate surface area is 127 Å². The number of likely N-dealkylation sites (N-methyl/N-ethyl adjacent to an activating group) is 1. The van der Waals surface area contributed by atoms with E-state index in [9.17, 15) is 0 Å². The number of rotatable bonds is 9. The van der Waals surface area contributed by atoms with Crippen LogP contribution in [0.15, 0.2) is 42.7 Å². The molecule has 4 heteroatoms. The maximum Gasteiger partial charge on any atom is 0.139 e. The summed E-state index contributed by atoms with van der Waals surface area (Å²) in [4.78, 5) is 6.90. The van der Waals surface area contributed by atoms with Gasteiger partial charge in [0.2, 0.25) is 0 Å². The van der Waals surface area contributed by atoms with Crippen molar-refractivity contribution in [1.82, 2.24) is 19.8 Å². The van der Waals surface area contributed by atoms with E-state index in [2.05, 4.69) is 64.1 Å². The Morgan fingerprint density at radius 3 is 2.57 bits per heavy atom. The van der Waals surface area contributed by atoms with Crippen molar-refractivity contribution in [2.75, 3.05) is 32.7 Å². The molecule has 1 aromatic heterocycles. The summed E-state index contributed by atoms with van der Waals surface area (Å²) >= 11 is 0. The lowest BCUT2D eigenvalue weighted by Gasteiger charge is -2.18. The number of nitrogens with zero attached hydrogens (tertiary/aromatic N) is 3. The SMILES string of the molecule is CCN(CC)CCNCCn1ccnc1-c1ccccc1. The van der Waals surface area contributed by atoms with E-state index >= 15 is 0 Å². The van der Waals surface area contributed by atoms with Gasteiger partial charge in [-0.25, -0.2) is 4.98 Å². The highest BCUT2D eigenvalue weighted by molar-refractivity contribution is 5.55. The van der Waals surface area contributed by atoms with Crippen molar-refractivity contribution in [3.05, 3.63) is 42.7 Å². The Morgan fingerprint density at radius 2 is 1.86 bits per heavy atom. The molecule has 4 nitrogen and oxygen atoms in total. The summed E-state index contributed by atoms with van der Waals surface area (Å²) in [6, 6.07) is 10.3. The molecule has 0 fully saturated rings. The summed E-state index contributed by atoms with van der Waals surface area (Å²) in [5.74, 6) is 1.04. The van der Waals surface area contributed by atoms with Crippen LogP contribution in [-0.4, -0.2) is 47.2 Å². The summed E-state index contributed by atoms with van der Waals surface area (Å²) < 4.78 is 2.21. The molecule has 0 aliphatic carbocycles. The Bertz CT molecular complexity index is 503. The molecule has 1 N–H and O–H groups in total. The van der Waals surface area contributed by atoms with Gasteiger partial charge >= 0.3 is 0 Å². The molecule has 2 aromatic rings. The van der Waals surface area contributed by atoms with E-state index in [-0.39, 0.29) is 0 Å². The van der Waals surface area contributed by atoms with Crippen LogP contribution in [0.3, 0.4) is 0 Å². The van der Waals surface area contributed by atoms with Gasteiger partial charge in [-0.05, 0) is 13.1 Å². The fourth-order valence-corrected chi connectivity index (χ4v) is 2.44. The minimum Gasteiger partial charge on any atom is -0.330 e. The van der Waals surface area contributed by atoms with Crippen LogP contribution in [0.2, 0.25) is 0 Å². The van der Waals surface area contributed by atoms with E-state index in [0.29, 0.717) is 0 Å². The van der Waals surface area contributed by atoms with Crippen LogP contribution in [0.1, 0.15) is 13.8 Å². The lowest BCUT2D eigenvalue weighted by molar-refractivity contribution is 0.302. The summed E-state index contributed by atoms with van der Waals surface area (Å²) in [6.45, 7) is 10.7. The number of benzene rings is 1. The molecule has 114 valence electrons. The zero-order valence-electron chi connectivity index (χ0n) is 13.1. The average molecular weight is 286 g/mol. The van der Waals surface area contributed by atoms with Gasteiger partial charge in [0.25, 0.3) is 0 Å². The van der Waals surface area contributed by atoms with Gasteiger partial charge in [0.15, 0.2) is 0 Å². The lowest BCUT2D eigenvalue weighted by atomic mass is 10.2. The number of hydrogen-bond donors (Lipinski definition) is 1. The molecule has 0 saturated heterocycles. The number of nitrogens with one attached hydrogen (secondary N) is 1. The highest BCUT2D eigenvalue weighted by Gasteiger charge is 2.04. The zero-order valence-corrected chi connectivity index (χ0v) is 13.1. The van der Waals surface area contributed by atoms with Crippen molar-refractivity contribution in [3.63, 3.8) is 0 Å². The molecule has 0 amide bonds. The second-order valence-corrected chi connectivity index (χ2v) is 5.09. The molecule has 0 aliphatic heterocycles. The predicted octanol–water partition coefficient (Wildman–Crippen LogP) is 2.48. The van der Waals surface area contributed by atoms with Gasteiger partial charge in [-0.3, -0.25) is 0 Å². The van der Waals surface area contributed by atoms with Crippen molar-refractivity contribution in [2.45, 2.75) is 20.4 Å². The summed E-state index contributed by atoms with van der Waals surface area (Å²) in [5.41, 5.74) is 1.17. The molecule has 0 radical (unpaired) electrons. The maximum atomic E-state index is 4.47. The van der Waals surface area contributed by atoms with Crippen LogP contribution in [0.25, 0.3) is 11.4 Å². The molecule has 0 aliphatic rings. The van der Waals surface area contributed by atoms with E-state index in [1.54, 1.807) is 0 Å². The lowest BCUT2D eigenvalue weighted by Crippen LogP contribution is -2.33. The normalized spacial score (nSPS) is 11.2. The molecule has 0 unspecified atom stereocenters. The number of aromatic nitrogens is 2. The first kappa shape index (κ1) is 15.7. The van der Waals surface area contributed by atoms with E-state index in [4.69, 9.17) is 0 Å². The minimum atomic E-state index is 0.947. The summed E-state index contributed by atoms with van der Waals surface area (Å²) in [5, 5.41) is 3.51. The van der Waals surface area contributed by atoms with E-state index < -0.39 is 0 Å². The Morgan fingerprint density at radius 1 is 1.10 bits per heavy atom. The van der Waals surface area contributed by atoms with Crippen molar-refractivity contribution in [3.8, 4) is 11.4 Å². The summed E-state index contributed by atoms with van der Waals surface area (Å²) in [6.07, 6.45) is 3.92. The number of imidazole rings is 1. The molecular weight excluding hydrogens is 260 g/mol. The van der Waals surface area contributed by atoms with Gasteiger partial charge in [0.1, 0.15) is 5.82 Å². The second-order valence-electron chi connectivity index (χ2n) is 5.09. The fraction of sp³-hybridized carbons (Fsp3) is 0.471. The maximum absolute atomic E-state index is 4.47. The van der Waals surface area contributed by atoms with Crippen molar-refractivity contribution in [1.29, 1.82) is 0 Å². The van der Waals surface area contributed by atoms with Crippen molar-refractivity contribution in [2.24, 2.45) is 0 Å². The van der Waals surface area contributed by atoms with Gasteiger partial charge in [-0.15, -0.1) is 0 Å². The molecule has 1 heterocycles. The van der Waals surface area contributed by atoms with Gasteiger partial charge in [-0.2, -0.15) is 0 Å². The Balaban J connectivity index is 1.79. The predicted molar refractivity (Wildman–Crippen MR) is 88.3 cm³/mol. The van der Waals surface area contributed by atoms with Crippen LogP contribution >= 0.6 is 0 Å². The van der Waals surface area contributed by atoms with Gasteiger partial charge < -0.3 is 14.8 Å². The minimum absolute atomic E-state index is 0.947. The molecule has 2 rings (SSSR count). The third-order valence-electron chi connectivity index (χ3n) is 3.78. The number of hydrogen-bond acceptors (Lipinski definition) is 3. The monoisotopic (exact) mass is 286 g/mol. The molecule has 0 bridgehead atoms. The van der Waals surface area contributed by atoms with Gasteiger partial charge in [0, 0.05) is 44.1 Å². The van der Waals surface area contributed by atoms with Crippen LogP contribution in [0.4, 0.5) is 0 Å². The quantitative estimate of drug-likeness (QED) is 0.719. The first-order valence-electron chi connectivity index (χ1n) is 7.84. The van der Waals surface area contributed by atoms with Crippen molar-refractivity contribution >= 4 is 0 Å². The van der Waals surface area contributed by atoms with E-state index in [1.807, 2.05) is 12.3 Å². The molecule has 0 spiro atoms. The highest BCUT2D eigenvalue weighted by Crippen LogP contribution is 2.16. The highest BCUT2D eigenvalue weighted by atomic mass is 15.1. The Hall–Kier alpha value is -1.65. The first-order chi connectivity index (χ1) is 10.3. The van der Waals surface area contributed by atoms with Crippen LogP contribution in [-0.2, 0) is 6.54 Å². The molecule has 0 saturated carbocycles. The standard InChI is InChI=1S/C17H26N4/c1-3-20(4-2)13-10-18-11-14-21-15-12-19-17(21)16-8-6-5-7-9-16/h5-9,12,15,18H,3-4,10-11,13-14H2,1-2H3. The third kappa shape index (κ3) is 4.69. The second kappa shape index (κ2) is 8.60. The van der Waals surface area contributed by atoms with Crippen LogP contribution in [0, 0.1) is 0 Å². The molecular formula is C17H26N4. The van der Waals surface area contributed by atoms with E-state index in [0.717, 1.165) is 45.1 Å². The molecule has 0 atom stereocenters. The topological polar surface area (TPSA) is 33.1 Å². The average Bonchev–Trinajstić information content (AvgIpc) is 3.00. The van der Waals surface area contributed by atoms with E-state index in [1.165, 1.54) is 5.56 Å². The Kier molecular flexibility index (Phi) is 6.44. The third-order valence-corrected chi connectivity index (χ3v) is 3.78. The summed E-state index contributed by atoms with van der Waals surface area (Å²) in [7, 11) is 0. The largest absolute Gasteiger partial charge is 0.330 e. The molecule has 21 heavy (non-hydrogen) atoms. The van der Waals surface area contributed by atoms with Gasteiger partial charge in [0.05, 0.1) is 0 Å². The molecule has 1 aromatic carbocycles. The fourth-order valence-electron chi connectivity index (χ4n) is 2.44. The van der Waals surface area contributed by atoms with Crippen molar-refractivity contribution < 1.29 is 0 Å². The smallest absolute Gasteiger partial charge is 0.139 e. The van der Waals surface area contributed by atoms with Crippen LogP contribution < -0.4 is 5.32 Å². The van der Waals surface area contributed by atoms with Gasteiger partial charge in [-0.1, -0.05) is 44.2 Å². The first-order valence-corrected chi connectivity index (χ1v) is 7.84.